The lowest BCUT2D eigenvalue weighted by Crippen LogP contribution is -1.98. The van der Waals surface area contributed by atoms with Crippen molar-refractivity contribution in [3.63, 3.8) is 0 Å². The van der Waals surface area contributed by atoms with E-state index in [-0.39, 0.29) is 0 Å². The summed E-state index contributed by atoms with van der Waals surface area (Å²) in [7, 11) is 6.52. The van der Waals surface area contributed by atoms with Crippen LogP contribution in [0.25, 0.3) is 21.8 Å². The molecule has 2 aromatic carbocycles. The number of hydrogen-bond acceptors (Lipinski definition) is 4. The summed E-state index contributed by atoms with van der Waals surface area (Å²) in [5.74, 6) is 2.71. The minimum Gasteiger partial charge on any atom is -0.497 e. The van der Waals surface area contributed by atoms with Crippen LogP contribution in [-0.2, 0) is 0 Å². The largest absolute Gasteiger partial charge is 0.497 e. The zero-order valence-electron chi connectivity index (χ0n) is 13.4. The van der Waals surface area contributed by atoms with E-state index < -0.39 is 0 Å². The summed E-state index contributed by atoms with van der Waals surface area (Å²) >= 11 is 0. The fraction of sp³-hybridized carbons (Fsp3) is 0.294. The first-order chi connectivity index (χ1) is 10.7. The van der Waals surface area contributed by atoms with Crippen LogP contribution < -0.4 is 18.9 Å². The second kappa shape index (κ2) is 5.33. The first-order valence-electron chi connectivity index (χ1n) is 6.94. The third kappa shape index (κ3) is 1.85. The molecule has 0 aliphatic rings. The predicted octanol–water partition coefficient (Wildman–Crippen LogP) is 3.66. The molecule has 0 fully saturated rings. The van der Waals surface area contributed by atoms with Crippen LogP contribution in [0, 0.1) is 6.92 Å². The number of aromatic nitrogens is 1. The van der Waals surface area contributed by atoms with E-state index in [0.29, 0.717) is 17.2 Å². The highest BCUT2D eigenvalue weighted by Crippen LogP contribution is 2.48. The fourth-order valence-corrected chi connectivity index (χ4v) is 2.94. The third-order valence-electron chi connectivity index (χ3n) is 3.97. The highest BCUT2D eigenvalue weighted by Gasteiger charge is 2.23. The first kappa shape index (κ1) is 14.4. The topological polar surface area (TPSA) is 52.7 Å². The zero-order chi connectivity index (χ0) is 15.9. The third-order valence-corrected chi connectivity index (χ3v) is 3.97. The van der Waals surface area contributed by atoms with Crippen LogP contribution in [0.5, 0.6) is 23.0 Å². The van der Waals surface area contributed by atoms with E-state index in [4.69, 9.17) is 18.9 Å². The Morgan fingerprint density at radius 3 is 2.09 bits per heavy atom. The molecule has 1 heterocycles. The van der Waals surface area contributed by atoms with Gasteiger partial charge in [-0.25, -0.2) is 0 Å². The number of aromatic amines is 1. The van der Waals surface area contributed by atoms with Gasteiger partial charge in [-0.05, 0) is 25.1 Å². The van der Waals surface area contributed by atoms with Crippen molar-refractivity contribution < 1.29 is 18.9 Å². The molecule has 5 heteroatoms. The molecule has 3 rings (SSSR count). The Labute approximate surface area is 128 Å². The van der Waals surface area contributed by atoms with Crippen molar-refractivity contribution in [3.05, 3.63) is 23.8 Å². The molecule has 0 bridgehead atoms. The molecule has 1 aromatic heterocycles. The number of rotatable bonds is 4. The second-order valence-corrected chi connectivity index (χ2v) is 5.01. The van der Waals surface area contributed by atoms with Crippen molar-refractivity contribution in [1.29, 1.82) is 0 Å². The normalized spacial score (nSPS) is 11.0. The quantitative estimate of drug-likeness (QED) is 0.799. The van der Waals surface area contributed by atoms with Crippen LogP contribution in [0.15, 0.2) is 18.2 Å². The predicted molar refractivity (Wildman–Crippen MR) is 86.7 cm³/mol. The standard InChI is InChI=1S/C17H19NO4/c1-9-14-13(16(21-4)17(22-5)15(9)20-3)11-8-10(19-2)6-7-12(11)18-14/h6-8,18H,1-5H3. The molecule has 0 saturated carbocycles. The molecule has 0 atom stereocenters. The Morgan fingerprint density at radius 1 is 0.818 bits per heavy atom. The fourth-order valence-electron chi connectivity index (χ4n) is 2.94. The van der Waals surface area contributed by atoms with Crippen LogP contribution >= 0.6 is 0 Å². The van der Waals surface area contributed by atoms with Crippen molar-refractivity contribution in [2.45, 2.75) is 6.92 Å². The number of aryl methyl sites for hydroxylation is 1. The van der Waals surface area contributed by atoms with Gasteiger partial charge in [-0.3, -0.25) is 0 Å². The van der Waals surface area contributed by atoms with E-state index in [1.807, 2.05) is 25.1 Å². The summed E-state index contributed by atoms with van der Waals surface area (Å²) in [6.45, 7) is 2.00. The average molecular weight is 301 g/mol. The zero-order valence-corrected chi connectivity index (χ0v) is 13.4. The van der Waals surface area contributed by atoms with Gasteiger partial charge in [0.25, 0.3) is 0 Å². The van der Waals surface area contributed by atoms with Crippen molar-refractivity contribution in [2.75, 3.05) is 28.4 Å². The number of H-pyrrole nitrogens is 1. The lowest BCUT2D eigenvalue weighted by Gasteiger charge is -2.16. The van der Waals surface area contributed by atoms with Crippen LogP contribution in [0.4, 0.5) is 0 Å². The van der Waals surface area contributed by atoms with Gasteiger partial charge < -0.3 is 23.9 Å². The number of fused-ring (bicyclic) bond motifs is 3. The van der Waals surface area contributed by atoms with Gasteiger partial charge in [0.05, 0.1) is 39.3 Å². The summed E-state index contributed by atoms with van der Waals surface area (Å²) in [5, 5.41) is 1.99. The number of ether oxygens (including phenoxy) is 4. The molecule has 0 spiro atoms. The monoisotopic (exact) mass is 301 g/mol. The molecule has 0 unspecified atom stereocenters. The Kier molecular flexibility index (Phi) is 3.48. The van der Waals surface area contributed by atoms with Gasteiger partial charge in [0.2, 0.25) is 5.75 Å². The molecular weight excluding hydrogens is 282 g/mol. The Bertz CT molecular complexity index is 851. The summed E-state index contributed by atoms with van der Waals surface area (Å²) in [6, 6.07) is 5.90. The van der Waals surface area contributed by atoms with Crippen molar-refractivity contribution in [3.8, 4) is 23.0 Å². The minimum absolute atomic E-state index is 0.596. The molecule has 0 saturated heterocycles. The van der Waals surface area contributed by atoms with Gasteiger partial charge in [0.1, 0.15) is 5.75 Å². The maximum atomic E-state index is 5.62. The Morgan fingerprint density at radius 2 is 1.50 bits per heavy atom. The Hall–Kier alpha value is -2.56. The van der Waals surface area contributed by atoms with Crippen LogP contribution in [0.2, 0.25) is 0 Å². The smallest absolute Gasteiger partial charge is 0.204 e. The number of methoxy groups -OCH3 is 4. The number of benzene rings is 2. The molecule has 116 valence electrons. The summed E-state index contributed by atoms with van der Waals surface area (Å²) in [5.41, 5.74) is 2.95. The molecule has 0 radical (unpaired) electrons. The van der Waals surface area contributed by atoms with Gasteiger partial charge in [-0.1, -0.05) is 0 Å². The second-order valence-electron chi connectivity index (χ2n) is 5.01. The molecule has 1 N–H and O–H groups in total. The van der Waals surface area contributed by atoms with E-state index >= 15 is 0 Å². The van der Waals surface area contributed by atoms with E-state index in [9.17, 15) is 0 Å². The van der Waals surface area contributed by atoms with E-state index in [1.54, 1.807) is 28.4 Å². The SMILES string of the molecule is COc1ccc2[nH]c3c(C)c(OC)c(OC)c(OC)c3c2c1. The number of nitrogens with one attached hydrogen (secondary N) is 1. The van der Waals surface area contributed by atoms with E-state index in [2.05, 4.69) is 4.98 Å². The first-order valence-corrected chi connectivity index (χ1v) is 6.94. The number of hydrogen-bond donors (Lipinski definition) is 1. The summed E-state index contributed by atoms with van der Waals surface area (Å²) < 4.78 is 22.0. The van der Waals surface area contributed by atoms with Crippen LogP contribution in [0.1, 0.15) is 5.56 Å². The lowest BCUT2D eigenvalue weighted by atomic mass is 10.1. The van der Waals surface area contributed by atoms with Gasteiger partial charge in [0, 0.05) is 16.5 Å². The summed E-state index contributed by atoms with van der Waals surface area (Å²) in [4.78, 5) is 3.43. The van der Waals surface area contributed by atoms with Crippen molar-refractivity contribution >= 4 is 21.8 Å². The lowest BCUT2D eigenvalue weighted by molar-refractivity contribution is 0.326. The summed E-state index contributed by atoms with van der Waals surface area (Å²) in [6.07, 6.45) is 0. The van der Waals surface area contributed by atoms with Crippen molar-refractivity contribution in [2.24, 2.45) is 0 Å². The van der Waals surface area contributed by atoms with Gasteiger partial charge in [-0.2, -0.15) is 0 Å². The van der Waals surface area contributed by atoms with Crippen LogP contribution in [-0.4, -0.2) is 33.4 Å². The molecular formula is C17H19NO4. The molecule has 0 aliphatic heterocycles. The molecule has 3 aromatic rings. The molecule has 0 aliphatic carbocycles. The van der Waals surface area contributed by atoms with Gasteiger partial charge in [0.15, 0.2) is 11.5 Å². The molecule has 0 amide bonds. The van der Waals surface area contributed by atoms with Crippen molar-refractivity contribution in [1.82, 2.24) is 4.98 Å². The average Bonchev–Trinajstić information content (AvgIpc) is 2.93. The molecule has 5 nitrogen and oxygen atoms in total. The maximum absolute atomic E-state index is 5.62. The Balaban J connectivity index is 2.53. The highest BCUT2D eigenvalue weighted by atomic mass is 16.5. The molecule has 22 heavy (non-hydrogen) atoms. The highest BCUT2D eigenvalue weighted by molar-refractivity contribution is 6.13. The van der Waals surface area contributed by atoms with Crippen LogP contribution in [0.3, 0.4) is 0 Å². The van der Waals surface area contributed by atoms with E-state index in [0.717, 1.165) is 33.1 Å². The minimum atomic E-state index is 0.596. The van der Waals surface area contributed by atoms with E-state index in [1.165, 1.54) is 0 Å². The maximum Gasteiger partial charge on any atom is 0.204 e. The van der Waals surface area contributed by atoms with Gasteiger partial charge >= 0.3 is 0 Å². The van der Waals surface area contributed by atoms with Gasteiger partial charge in [-0.15, -0.1) is 0 Å².